The largest absolute Gasteiger partial charge is 0.481 e. The van der Waals surface area contributed by atoms with E-state index >= 15 is 0 Å². The molecule has 0 spiro atoms. The maximum Gasteiger partial charge on any atom is 0.309 e. The van der Waals surface area contributed by atoms with Crippen molar-refractivity contribution in [3.8, 4) is 0 Å². The Balaban J connectivity index is 2.59. The molecule has 0 aliphatic carbocycles. The number of carboxylic acid groups (broad SMARTS) is 1. The summed E-state index contributed by atoms with van der Waals surface area (Å²) in [4.78, 5) is 13.4. The van der Waals surface area contributed by atoms with Crippen molar-refractivity contribution in [2.75, 3.05) is 19.6 Å². The molecule has 0 saturated heterocycles. The zero-order valence-electron chi connectivity index (χ0n) is 9.92. The van der Waals surface area contributed by atoms with E-state index in [1.165, 1.54) is 5.57 Å². The molecule has 0 saturated carbocycles. The van der Waals surface area contributed by atoms with Crippen LogP contribution in [0.1, 0.15) is 33.6 Å². The van der Waals surface area contributed by atoms with Crippen molar-refractivity contribution < 1.29 is 9.90 Å². The van der Waals surface area contributed by atoms with Crippen molar-refractivity contribution in [1.82, 2.24) is 4.90 Å². The van der Waals surface area contributed by atoms with Gasteiger partial charge in [-0.2, -0.15) is 0 Å². The van der Waals surface area contributed by atoms with Crippen molar-refractivity contribution in [1.29, 1.82) is 0 Å². The summed E-state index contributed by atoms with van der Waals surface area (Å²) in [6, 6.07) is 0. The van der Waals surface area contributed by atoms with E-state index in [-0.39, 0.29) is 0 Å². The van der Waals surface area contributed by atoms with Gasteiger partial charge in [-0.15, -0.1) is 0 Å². The van der Waals surface area contributed by atoms with Crippen LogP contribution in [0.3, 0.4) is 0 Å². The molecule has 3 nitrogen and oxygen atoms in total. The molecule has 0 aromatic heterocycles. The SMILES string of the molecule is CCN1CCC=C(CC(C)(C)C(=O)O)C1. The minimum Gasteiger partial charge on any atom is -0.481 e. The van der Waals surface area contributed by atoms with E-state index in [2.05, 4.69) is 17.9 Å². The van der Waals surface area contributed by atoms with E-state index in [1.807, 2.05) is 0 Å². The predicted octanol–water partition coefficient (Wildman–Crippen LogP) is 2.14. The van der Waals surface area contributed by atoms with Gasteiger partial charge in [-0.1, -0.05) is 18.6 Å². The maximum atomic E-state index is 11.0. The van der Waals surface area contributed by atoms with E-state index in [0.717, 1.165) is 26.1 Å². The Hall–Kier alpha value is -0.830. The Kier molecular flexibility index (Phi) is 3.91. The molecule has 1 heterocycles. The van der Waals surface area contributed by atoms with Crippen molar-refractivity contribution in [3.63, 3.8) is 0 Å². The molecule has 0 atom stereocenters. The molecule has 1 rings (SSSR count). The van der Waals surface area contributed by atoms with Crippen LogP contribution in [0.25, 0.3) is 0 Å². The molecule has 1 N–H and O–H groups in total. The first-order valence-electron chi connectivity index (χ1n) is 5.59. The Labute approximate surface area is 91.8 Å². The molecule has 0 bridgehead atoms. The molecule has 0 amide bonds. The first kappa shape index (κ1) is 12.2. The monoisotopic (exact) mass is 211 g/mol. The van der Waals surface area contributed by atoms with Crippen molar-refractivity contribution in [3.05, 3.63) is 11.6 Å². The third kappa shape index (κ3) is 3.34. The minimum atomic E-state index is -0.711. The van der Waals surface area contributed by atoms with E-state index in [4.69, 9.17) is 5.11 Å². The molecule has 0 aromatic rings. The van der Waals surface area contributed by atoms with Gasteiger partial charge in [0.2, 0.25) is 0 Å². The number of hydrogen-bond acceptors (Lipinski definition) is 2. The third-order valence-corrected chi connectivity index (χ3v) is 3.00. The van der Waals surface area contributed by atoms with Gasteiger partial charge in [0.1, 0.15) is 0 Å². The van der Waals surface area contributed by atoms with Crippen molar-refractivity contribution in [2.24, 2.45) is 5.41 Å². The predicted molar refractivity (Wildman–Crippen MR) is 60.8 cm³/mol. The molecule has 0 unspecified atom stereocenters. The minimum absolute atomic E-state index is 0.636. The van der Waals surface area contributed by atoms with Crippen LogP contribution < -0.4 is 0 Å². The van der Waals surface area contributed by atoms with Gasteiger partial charge >= 0.3 is 5.97 Å². The van der Waals surface area contributed by atoms with Gasteiger partial charge in [-0.25, -0.2) is 0 Å². The summed E-state index contributed by atoms with van der Waals surface area (Å²) < 4.78 is 0. The van der Waals surface area contributed by atoms with Gasteiger partial charge in [0, 0.05) is 13.1 Å². The Morgan fingerprint density at radius 2 is 2.27 bits per heavy atom. The van der Waals surface area contributed by atoms with Gasteiger partial charge in [0.05, 0.1) is 5.41 Å². The second kappa shape index (κ2) is 4.79. The quantitative estimate of drug-likeness (QED) is 0.724. The highest BCUT2D eigenvalue weighted by molar-refractivity contribution is 5.74. The van der Waals surface area contributed by atoms with Gasteiger partial charge in [-0.05, 0) is 33.2 Å². The zero-order chi connectivity index (χ0) is 11.5. The lowest BCUT2D eigenvalue weighted by Crippen LogP contribution is -2.32. The fourth-order valence-electron chi connectivity index (χ4n) is 1.92. The molecular formula is C12H21NO2. The van der Waals surface area contributed by atoms with Crippen molar-refractivity contribution in [2.45, 2.75) is 33.6 Å². The van der Waals surface area contributed by atoms with Crippen LogP contribution in [0.15, 0.2) is 11.6 Å². The first-order valence-corrected chi connectivity index (χ1v) is 5.59. The summed E-state index contributed by atoms with van der Waals surface area (Å²) in [6.45, 7) is 8.82. The number of carboxylic acids is 1. The number of carbonyl (C=O) groups is 1. The molecule has 0 fully saturated rings. The molecule has 1 aliphatic heterocycles. The van der Waals surface area contributed by atoms with Gasteiger partial charge in [0.15, 0.2) is 0 Å². The van der Waals surface area contributed by atoms with Crippen LogP contribution in [0.2, 0.25) is 0 Å². The Morgan fingerprint density at radius 1 is 1.60 bits per heavy atom. The number of hydrogen-bond donors (Lipinski definition) is 1. The van der Waals surface area contributed by atoms with Crippen LogP contribution in [0.4, 0.5) is 0 Å². The smallest absolute Gasteiger partial charge is 0.309 e. The molecule has 15 heavy (non-hydrogen) atoms. The second-order valence-corrected chi connectivity index (χ2v) is 4.89. The molecule has 3 heteroatoms. The summed E-state index contributed by atoms with van der Waals surface area (Å²) in [5.74, 6) is -0.711. The van der Waals surface area contributed by atoms with Crippen LogP contribution in [-0.2, 0) is 4.79 Å². The maximum absolute atomic E-state index is 11.0. The average molecular weight is 211 g/mol. The third-order valence-electron chi connectivity index (χ3n) is 3.00. The fourth-order valence-corrected chi connectivity index (χ4v) is 1.92. The highest BCUT2D eigenvalue weighted by Gasteiger charge is 2.29. The van der Waals surface area contributed by atoms with E-state index < -0.39 is 11.4 Å². The normalized spacial score (nSPS) is 18.7. The standard InChI is InChI=1S/C12H21NO2/c1-4-13-7-5-6-10(9-13)8-12(2,3)11(14)15/h6H,4-5,7-9H2,1-3H3,(H,14,15). The van der Waals surface area contributed by atoms with Crippen LogP contribution in [0, 0.1) is 5.41 Å². The highest BCUT2D eigenvalue weighted by Crippen LogP contribution is 2.27. The lowest BCUT2D eigenvalue weighted by Gasteiger charge is -2.29. The molecule has 0 aromatic carbocycles. The number of nitrogens with zero attached hydrogens (tertiary/aromatic N) is 1. The first-order chi connectivity index (χ1) is 6.95. The Morgan fingerprint density at radius 3 is 2.80 bits per heavy atom. The topological polar surface area (TPSA) is 40.5 Å². The summed E-state index contributed by atoms with van der Waals surface area (Å²) in [7, 11) is 0. The van der Waals surface area contributed by atoms with E-state index in [1.54, 1.807) is 13.8 Å². The number of rotatable bonds is 4. The lowest BCUT2D eigenvalue weighted by atomic mass is 9.84. The summed E-state index contributed by atoms with van der Waals surface area (Å²) >= 11 is 0. The molecule has 1 aliphatic rings. The van der Waals surface area contributed by atoms with Crippen LogP contribution in [0.5, 0.6) is 0 Å². The lowest BCUT2D eigenvalue weighted by molar-refractivity contribution is -0.146. The Bertz CT molecular complexity index is 269. The van der Waals surface area contributed by atoms with E-state index in [9.17, 15) is 4.79 Å². The zero-order valence-corrected chi connectivity index (χ0v) is 9.92. The number of aliphatic carboxylic acids is 1. The van der Waals surface area contributed by atoms with E-state index in [0.29, 0.717) is 6.42 Å². The van der Waals surface area contributed by atoms with Crippen LogP contribution in [-0.4, -0.2) is 35.6 Å². The average Bonchev–Trinajstić information content (AvgIpc) is 2.17. The second-order valence-electron chi connectivity index (χ2n) is 4.89. The molecule has 86 valence electrons. The van der Waals surface area contributed by atoms with Gasteiger partial charge in [-0.3, -0.25) is 9.69 Å². The van der Waals surface area contributed by atoms with Gasteiger partial charge in [0.25, 0.3) is 0 Å². The number of likely N-dealkylation sites (N-methyl/N-ethyl adjacent to an activating group) is 1. The van der Waals surface area contributed by atoms with Gasteiger partial charge < -0.3 is 5.11 Å². The van der Waals surface area contributed by atoms with Crippen LogP contribution >= 0.6 is 0 Å². The summed E-state index contributed by atoms with van der Waals surface area (Å²) in [5, 5.41) is 9.05. The molecule has 0 radical (unpaired) electrons. The summed E-state index contributed by atoms with van der Waals surface area (Å²) in [6.07, 6.45) is 3.93. The molecular weight excluding hydrogens is 190 g/mol. The van der Waals surface area contributed by atoms with Crippen molar-refractivity contribution >= 4 is 5.97 Å². The fraction of sp³-hybridized carbons (Fsp3) is 0.750. The highest BCUT2D eigenvalue weighted by atomic mass is 16.4. The summed E-state index contributed by atoms with van der Waals surface area (Å²) in [5.41, 5.74) is 0.637.